The fourth-order valence-corrected chi connectivity index (χ4v) is 6.20. The van der Waals surface area contributed by atoms with E-state index in [4.69, 9.17) is 24.8 Å². The van der Waals surface area contributed by atoms with Crippen molar-refractivity contribution in [1.82, 2.24) is 19.1 Å². The molecule has 2 aromatic heterocycles. The van der Waals surface area contributed by atoms with Crippen molar-refractivity contribution in [2.75, 3.05) is 6.61 Å². The number of nitrogens with one attached hydrogen (secondary N) is 1. The van der Waals surface area contributed by atoms with E-state index < -0.39 is 54.6 Å². The van der Waals surface area contributed by atoms with Crippen LogP contribution in [0.2, 0.25) is 0 Å². The number of ether oxygens (including phenoxy) is 1. The maximum Gasteiger partial charge on any atom is 0.490 e. The van der Waals surface area contributed by atoms with Crippen LogP contribution in [0.5, 0.6) is 0 Å². The molecule has 4 rings (SSSR count). The molecule has 2 unspecified atom stereocenters. The largest absolute Gasteiger partial charge is 0.490 e. The summed E-state index contributed by atoms with van der Waals surface area (Å²) >= 11 is 0. The Kier molecular flexibility index (Phi) is 6.13. The Labute approximate surface area is 182 Å². The van der Waals surface area contributed by atoms with Crippen LogP contribution in [0.1, 0.15) is 12.1 Å². The average Bonchev–Trinajstić information content (AvgIpc) is 3.16. The van der Waals surface area contributed by atoms with E-state index in [1.54, 1.807) is 16.8 Å². The van der Waals surface area contributed by atoms with Gasteiger partial charge in [0.1, 0.15) is 24.1 Å². The SMILES string of the molecule is N=c1nc2n(c3c1ncn3[C@@H]1O[C@H](COP(=O)(O)OP(=O)(O)OP(=O)(O)O)[C@@H](O)[C@H]1O)C=C2. The summed E-state index contributed by atoms with van der Waals surface area (Å²) in [6.45, 7) is -0.957. The van der Waals surface area contributed by atoms with Gasteiger partial charge in [-0.1, -0.05) is 0 Å². The van der Waals surface area contributed by atoms with Crippen LogP contribution in [0.15, 0.2) is 6.33 Å². The Bertz CT molecular complexity index is 1330. The smallest absolute Gasteiger partial charge is 0.387 e. The molecule has 182 valence electrons. The minimum absolute atomic E-state index is 0.142. The van der Waals surface area contributed by atoms with Gasteiger partial charge in [0.05, 0.1) is 12.9 Å². The van der Waals surface area contributed by atoms with Gasteiger partial charge >= 0.3 is 23.5 Å². The average molecular weight is 531 g/mol. The quantitative estimate of drug-likeness (QED) is 0.165. The van der Waals surface area contributed by atoms with E-state index >= 15 is 0 Å². The van der Waals surface area contributed by atoms with Gasteiger partial charge in [-0.05, 0) is 6.08 Å². The van der Waals surface area contributed by atoms with Gasteiger partial charge in [-0.3, -0.25) is 19.1 Å². The van der Waals surface area contributed by atoms with Crippen LogP contribution in [0.3, 0.4) is 0 Å². The molecule has 2 aromatic rings. The zero-order valence-electron chi connectivity index (χ0n) is 15.9. The standard InChI is InChI=1S/C12H16N5O13P3/c13-10-7-11(16-2-1-6(16)15-10)17(4-14-7)12-9(19)8(18)5(28-12)3-27-32(23,24)30-33(25,26)29-31(20,21)22/h1-2,4-5,8-9,12-13,18-19H,3H2,(H,23,24)(H,25,26)(H2,20,21,22)/t5-,8-,9-,12-/m1/s1. The van der Waals surface area contributed by atoms with Crippen molar-refractivity contribution in [3.05, 3.63) is 17.6 Å². The van der Waals surface area contributed by atoms with Gasteiger partial charge in [0.2, 0.25) is 0 Å². The summed E-state index contributed by atoms with van der Waals surface area (Å²) in [6.07, 6.45) is -1.55. The van der Waals surface area contributed by atoms with Crippen molar-refractivity contribution in [2.45, 2.75) is 24.5 Å². The van der Waals surface area contributed by atoms with Gasteiger partial charge in [-0.2, -0.15) is 8.62 Å². The number of phosphoric acid groups is 3. The van der Waals surface area contributed by atoms with Gasteiger partial charge in [0.15, 0.2) is 22.9 Å². The topological polar surface area (TPSA) is 269 Å². The first-order chi connectivity index (χ1) is 15.2. The molecule has 2 aliphatic rings. The fourth-order valence-electron chi connectivity index (χ4n) is 3.17. The highest BCUT2D eigenvalue weighted by Crippen LogP contribution is 2.66. The lowest BCUT2D eigenvalue weighted by molar-refractivity contribution is -0.0504. The minimum Gasteiger partial charge on any atom is -0.387 e. The number of aliphatic hydroxyl groups is 2. The van der Waals surface area contributed by atoms with Crippen molar-refractivity contribution in [3.8, 4) is 0 Å². The summed E-state index contributed by atoms with van der Waals surface area (Å²) < 4.78 is 53.9. The molecule has 0 aromatic carbocycles. The molecule has 7 N–H and O–H groups in total. The highest BCUT2D eigenvalue weighted by Gasteiger charge is 2.47. The van der Waals surface area contributed by atoms with Gasteiger partial charge in [0, 0.05) is 6.20 Å². The van der Waals surface area contributed by atoms with Gasteiger partial charge in [-0.25, -0.2) is 23.7 Å². The van der Waals surface area contributed by atoms with Crippen molar-refractivity contribution < 1.29 is 61.4 Å². The number of fused-ring (bicyclic) bond motifs is 3. The molecule has 18 nitrogen and oxygen atoms in total. The number of rotatable bonds is 8. The molecule has 1 saturated heterocycles. The van der Waals surface area contributed by atoms with E-state index in [2.05, 4.69) is 23.1 Å². The maximum absolute atomic E-state index is 11.9. The maximum atomic E-state index is 11.9. The zero-order valence-corrected chi connectivity index (χ0v) is 18.6. The summed E-state index contributed by atoms with van der Waals surface area (Å²) in [5.74, 6) is 0.437. The second kappa shape index (κ2) is 8.25. The molecule has 0 radical (unpaired) electrons. The number of imidazole rings is 1. The van der Waals surface area contributed by atoms with Crippen LogP contribution in [0.4, 0.5) is 0 Å². The number of aromatic nitrogens is 4. The van der Waals surface area contributed by atoms with E-state index in [0.29, 0.717) is 11.5 Å². The number of nitrogens with zero attached hydrogens (tertiary/aromatic N) is 4. The third-order valence-electron chi connectivity index (χ3n) is 4.50. The molecular formula is C12H16N5O13P3. The highest BCUT2D eigenvalue weighted by atomic mass is 31.3. The normalized spacial score (nSPS) is 28.3. The lowest BCUT2D eigenvalue weighted by Gasteiger charge is -2.21. The minimum atomic E-state index is -5.71. The molecule has 0 aliphatic carbocycles. The first-order valence-electron chi connectivity index (χ1n) is 8.69. The van der Waals surface area contributed by atoms with Crippen molar-refractivity contribution in [2.24, 2.45) is 0 Å². The molecule has 21 heteroatoms. The molecule has 0 bridgehead atoms. The monoisotopic (exact) mass is 531 g/mol. The lowest BCUT2D eigenvalue weighted by atomic mass is 10.1. The third kappa shape index (κ3) is 4.94. The summed E-state index contributed by atoms with van der Waals surface area (Å²) in [5.41, 5.74) is 0.346. The Morgan fingerprint density at radius 2 is 1.79 bits per heavy atom. The fraction of sp³-hybridized carbons (Fsp3) is 0.417. The second-order valence-electron chi connectivity index (χ2n) is 6.76. The van der Waals surface area contributed by atoms with Crippen molar-refractivity contribution >= 4 is 46.9 Å². The van der Waals surface area contributed by atoms with Crippen molar-refractivity contribution in [1.29, 1.82) is 5.41 Å². The Morgan fingerprint density at radius 3 is 2.39 bits per heavy atom. The van der Waals surface area contributed by atoms with Crippen molar-refractivity contribution in [3.63, 3.8) is 0 Å². The molecule has 0 spiro atoms. The Balaban J connectivity index is 1.49. The van der Waals surface area contributed by atoms with E-state index in [1.165, 1.54) is 10.9 Å². The van der Waals surface area contributed by atoms with Gasteiger partial charge in [-0.15, -0.1) is 0 Å². The molecule has 33 heavy (non-hydrogen) atoms. The third-order valence-corrected chi connectivity index (χ3v) is 8.30. The molecular weight excluding hydrogens is 515 g/mol. The van der Waals surface area contributed by atoms with Crippen LogP contribution >= 0.6 is 23.5 Å². The second-order valence-corrected chi connectivity index (χ2v) is 11.2. The van der Waals surface area contributed by atoms with Gasteiger partial charge in [0.25, 0.3) is 0 Å². The van der Waals surface area contributed by atoms with Crippen LogP contribution in [-0.4, -0.2) is 73.8 Å². The number of hydrogen-bond acceptors (Lipinski definition) is 12. The number of aliphatic hydroxyl groups excluding tert-OH is 2. The Hall–Kier alpha value is -1.62. The predicted octanol–water partition coefficient (Wildman–Crippen LogP) is -1.38. The van der Waals surface area contributed by atoms with Crippen LogP contribution in [0, 0.1) is 5.41 Å². The molecule has 0 amide bonds. The number of hydrogen-bond donors (Lipinski definition) is 7. The first-order valence-corrected chi connectivity index (χ1v) is 13.2. The molecule has 4 heterocycles. The first kappa shape index (κ1) is 24.5. The summed E-state index contributed by atoms with van der Waals surface area (Å²) in [4.78, 5) is 43.8. The summed E-state index contributed by atoms with van der Waals surface area (Å²) in [5, 5.41) is 28.6. The molecule has 0 saturated carbocycles. The van der Waals surface area contributed by atoms with Crippen LogP contribution < -0.4 is 5.49 Å². The lowest BCUT2D eigenvalue weighted by Crippen LogP contribution is -2.33. The summed E-state index contributed by atoms with van der Waals surface area (Å²) in [7, 11) is -16.7. The van der Waals surface area contributed by atoms with E-state index in [0.717, 1.165) is 0 Å². The van der Waals surface area contributed by atoms with Crippen LogP contribution in [0.25, 0.3) is 23.4 Å². The van der Waals surface area contributed by atoms with E-state index in [1.807, 2.05) is 0 Å². The number of phosphoric ester groups is 1. The van der Waals surface area contributed by atoms with Gasteiger partial charge < -0.3 is 34.5 Å². The predicted molar refractivity (Wildman–Crippen MR) is 102 cm³/mol. The van der Waals surface area contributed by atoms with Crippen LogP contribution in [-0.2, 0) is 31.6 Å². The molecule has 2 aliphatic heterocycles. The van der Waals surface area contributed by atoms with E-state index in [9.17, 15) is 28.8 Å². The Morgan fingerprint density at radius 1 is 1.09 bits per heavy atom. The molecule has 6 atom stereocenters. The summed E-state index contributed by atoms with van der Waals surface area (Å²) in [6, 6.07) is 0. The van der Waals surface area contributed by atoms with E-state index in [-0.39, 0.29) is 11.0 Å². The molecule has 1 fully saturated rings. The highest BCUT2D eigenvalue weighted by molar-refractivity contribution is 7.66. The zero-order chi connectivity index (χ0) is 24.3.